The van der Waals surface area contributed by atoms with Gasteiger partial charge in [-0.15, -0.1) is 0 Å². The van der Waals surface area contributed by atoms with Gasteiger partial charge in [-0.3, -0.25) is 0 Å². The molecular formula is C14H14BrClN2O2. The van der Waals surface area contributed by atoms with E-state index in [0.717, 1.165) is 10.3 Å². The van der Waals surface area contributed by atoms with E-state index in [2.05, 4.69) is 26.2 Å². The van der Waals surface area contributed by atoms with E-state index in [1.807, 2.05) is 24.3 Å². The smallest absolute Gasteiger partial charge is 0.175 e. The molecule has 0 saturated heterocycles. The third kappa shape index (κ3) is 3.35. The topological polar surface area (TPSA) is 43.4 Å². The summed E-state index contributed by atoms with van der Waals surface area (Å²) in [6.07, 6.45) is 0. The van der Waals surface area contributed by atoms with Crippen molar-refractivity contribution in [3.05, 3.63) is 45.5 Å². The lowest BCUT2D eigenvalue weighted by atomic mass is 10.3. The molecule has 0 bridgehead atoms. The van der Waals surface area contributed by atoms with Gasteiger partial charge in [0.25, 0.3) is 0 Å². The van der Waals surface area contributed by atoms with E-state index in [1.165, 1.54) is 0 Å². The molecule has 0 unspecified atom stereocenters. The Morgan fingerprint density at radius 2 is 2.10 bits per heavy atom. The highest BCUT2D eigenvalue weighted by atomic mass is 79.9. The van der Waals surface area contributed by atoms with Crippen molar-refractivity contribution in [2.45, 2.75) is 6.61 Å². The number of hydrogen-bond donors (Lipinski definition) is 1. The van der Waals surface area contributed by atoms with E-state index in [1.54, 1.807) is 20.2 Å². The van der Waals surface area contributed by atoms with Crippen LogP contribution in [-0.4, -0.2) is 19.1 Å². The van der Waals surface area contributed by atoms with Gasteiger partial charge in [-0.05, 0) is 40.2 Å². The average molecular weight is 358 g/mol. The molecule has 1 N–H and O–H groups in total. The number of nitrogens with zero attached hydrogens (tertiary/aromatic N) is 1. The Morgan fingerprint density at radius 3 is 2.80 bits per heavy atom. The van der Waals surface area contributed by atoms with Crippen LogP contribution in [0.3, 0.4) is 0 Å². The summed E-state index contributed by atoms with van der Waals surface area (Å²) in [6, 6.07) is 9.19. The molecule has 6 heteroatoms. The second-order valence-corrected chi connectivity index (χ2v) is 5.20. The van der Waals surface area contributed by atoms with Gasteiger partial charge in [-0.1, -0.05) is 17.7 Å². The SMILES string of the molecule is CNc1ccc(Cl)c(COc2c(Br)cccc2OC)n1. The Balaban J connectivity index is 2.21. The van der Waals surface area contributed by atoms with E-state index >= 15 is 0 Å². The van der Waals surface area contributed by atoms with Gasteiger partial charge in [0.1, 0.15) is 12.4 Å². The van der Waals surface area contributed by atoms with Crippen molar-refractivity contribution in [1.29, 1.82) is 0 Å². The van der Waals surface area contributed by atoms with Crippen molar-refractivity contribution in [2.75, 3.05) is 19.5 Å². The molecule has 0 amide bonds. The van der Waals surface area contributed by atoms with Gasteiger partial charge in [-0.25, -0.2) is 4.98 Å². The minimum atomic E-state index is 0.257. The quantitative estimate of drug-likeness (QED) is 0.874. The number of rotatable bonds is 5. The molecule has 0 spiro atoms. The van der Waals surface area contributed by atoms with Crippen LogP contribution in [0.25, 0.3) is 0 Å². The Bertz CT molecular complexity index is 608. The summed E-state index contributed by atoms with van der Waals surface area (Å²) < 4.78 is 11.9. The fraction of sp³-hybridized carbons (Fsp3) is 0.214. The van der Waals surface area contributed by atoms with Gasteiger partial charge < -0.3 is 14.8 Å². The summed E-state index contributed by atoms with van der Waals surface area (Å²) in [6.45, 7) is 0.257. The van der Waals surface area contributed by atoms with Gasteiger partial charge >= 0.3 is 0 Å². The highest BCUT2D eigenvalue weighted by Crippen LogP contribution is 2.35. The van der Waals surface area contributed by atoms with Crippen molar-refractivity contribution < 1.29 is 9.47 Å². The minimum absolute atomic E-state index is 0.257. The number of halogens is 2. The molecule has 1 heterocycles. The van der Waals surface area contributed by atoms with Crippen LogP contribution in [0.4, 0.5) is 5.82 Å². The standard InChI is InChI=1S/C14H14BrClN2O2/c1-17-13-7-6-10(16)11(18-13)8-20-14-9(15)4-3-5-12(14)19-2/h3-7H,8H2,1-2H3,(H,17,18). The molecule has 0 atom stereocenters. The number of pyridine rings is 1. The molecule has 1 aromatic heterocycles. The zero-order valence-electron chi connectivity index (χ0n) is 11.1. The number of benzene rings is 1. The number of para-hydroxylation sites is 1. The van der Waals surface area contributed by atoms with Crippen molar-refractivity contribution >= 4 is 33.3 Å². The lowest BCUT2D eigenvalue weighted by molar-refractivity contribution is 0.279. The molecular weight excluding hydrogens is 344 g/mol. The predicted octanol–water partition coefficient (Wildman–Crippen LogP) is 4.13. The van der Waals surface area contributed by atoms with Crippen LogP contribution in [-0.2, 0) is 6.61 Å². The number of hydrogen-bond acceptors (Lipinski definition) is 4. The number of methoxy groups -OCH3 is 1. The first-order chi connectivity index (χ1) is 9.65. The largest absolute Gasteiger partial charge is 0.493 e. The number of anilines is 1. The van der Waals surface area contributed by atoms with Crippen molar-refractivity contribution in [2.24, 2.45) is 0 Å². The van der Waals surface area contributed by atoms with Gasteiger partial charge in [0.15, 0.2) is 11.5 Å². The van der Waals surface area contributed by atoms with Crippen LogP contribution in [0.2, 0.25) is 5.02 Å². The first-order valence-electron chi connectivity index (χ1n) is 5.94. The minimum Gasteiger partial charge on any atom is -0.493 e. The van der Waals surface area contributed by atoms with Crippen LogP contribution in [0.5, 0.6) is 11.5 Å². The average Bonchev–Trinajstić information content (AvgIpc) is 2.47. The molecule has 0 radical (unpaired) electrons. The third-order valence-electron chi connectivity index (χ3n) is 2.68. The Hall–Kier alpha value is -1.46. The summed E-state index contributed by atoms with van der Waals surface area (Å²) >= 11 is 9.56. The van der Waals surface area contributed by atoms with Crippen LogP contribution >= 0.6 is 27.5 Å². The summed E-state index contributed by atoms with van der Waals surface area (Å²) in [4.78, 5) is 4.37. The van der Waals surface area contributed by atoms with Crippen LogP contribution < -0.4 is 14.8 Å². The number of nitrogens with one attached hydrogen (secondary N) is 1. The molecule has 0 aliphatic heterocycles. The van der Waals surface area contributed by atoms with E-state index in [-0.39, 0.29) is 6.61 Å². The van der Waals surface area contributed by atoms with E-state index in [9.17, 15) is 0 Å². The highest BCUT2D eigenvalue weighted by Gasteiger charge is 2.11. The van der Waals surface area contributed by atoms with Crippen molar-refractivity contribution in [1.82, 2.24) is 4.98 Å². The van der Waals surface area contributed by atoms with Crippen LogP contribution in [0.15, 0.2) is 34.8 Å². The predicted molar refractivity (Wildman–Crippen MR) is 83.8 cm³/mol. The normalized spacial score (nSPS) is 10.2. The fourth-order valence-corrected chi connectivity index (χ4v) is 2.28. The van der Waals surface area contributed by atoms with Crippen LogP contribution in [0, 0.1) is 0 Å². The summed E-state index contributed by atoms with van der Waals surface area (Å²) in [5, 5.41) is 3.53. The van der Waals surface area contributed by atoms with Gasteiger partial charge in [0.2, 0.25) is 0 Å². The van der Waals surface area contributed by atoms with Gasteiger partial charge in [0, 0.05) is 7.05 Å². The molecule has 4 nitrogen and oxygen atoms in total. The molecule has 106 valence electrons. The fourth-order valence-electron chi connectivity index (χ4n) is 1.66. The molecule has 20 heavy (non-hydrogen) atoms. The van der Waals surface area contributed by atoms with Crippen molar-refractivity contribution in [3.63, 3.8) is 0 Å². The van der Waals surface area contributed by atoms with Crippen molar-refractivity contribution in [3.8, 4) is 11.5 Å². The van der Waals surface area contributed by atoms with Crippen LogP contribution in [0.1, 0.15) is 5.69 Å². The monoisotopic (exact) mass is 356 g/mol. The number of ether oxygens (including phenoxy) is 2. The maximum Gasteiger partial charge on any atom is 0.175 e. The number of aromatic nitrogens is 1. The summed E-state index contributed by atoms with van der Waals surface area (Å²) in [7, 11) is 3.40. The summed E-state index contributed by atoms with van der Waals surface area (Å²) in [5.74, 6) is 2.02. The molecule has 1 aromatic carbocycles. The van der Waals surface area contributed by atoms with E-state index < -0.39 is 0 Å². The Labute approximate surface area is 131 Å². The Kier molecular flexibility index (Phi) is 5.09. The first-order valence-corrected chi connectivity index (χ1v) is 7.11. The second-order valence-electron chi connectivity index (χ2n) is 3.93. The first kappa shape index (κ1) is 14.9. The van der Waals surface area contributed by atoms with Gasteiger partial charge in [-0.2, -0.15) is 0 Å². The third-order valence-corrected chi connectivity index (χ3v) is 3.65. The second kappa shape index (κ2) is 6.81. The molecule has 0 saturated carbocycles. The molecule has 0 fully saturated rings. The Morgan fingerprint density at radius 1 is 1.30 bits per heavy atom. The highest BCUT2D eigenvalue weighted by molar-refractivity contribution is 9.10. The zero-order chi connectivity index (χ0) is 14.5. The van der Waals surface area contributed by atoms with Gasteiger partial charge in [0.05, 0.1) is 22.3 Å². The lowest BCUT2D eigenvalue weighted by Gasteiger charge is -2.13. The lowest BCUT2D eigenvalue weighted by Crippen LogP contribution is -2.03. The zero-order valence-corrected chi connectivity index (χ0v) is 13.5. The molecule has 2 aromatic rings. The van der Waals surface area contributed by atoms with E-state index in [0.29, 0.717) is 22.2 Å². The summed E-state index contributed by atoms with van der Waals surface area (Å²) in [5.41, 5.74) is 0.663. The molecule has 0 aliphatic carbocycles. The maximum atomic E-state index is 6.12. The molecule has 2 rings (SSSR count). The molecule has 0 aliphatic rings. The van der Waals surface area contributed by atoms with E-state index in [4.69, 9.17) is 21.1 Å². The maximum absolute atomic E-state index is 6.12.